The molecule has 1 aliphatic heterocycles. The molecule has 6 heteroatoms. The van der Waals surface area contributed by atoms with Crippen LogP contribution in [-0.4, -0.2) is 6.79 Å². The average molecular weight is 380 g/mol. The Balaban J connectivity index is 0.000000440. The molecule has 0 saturated heterocycles. The van der Waals surface area contributed by atoms with Gasteiger partial charge >= 0.3 is 0 Å². The first-order valence-corrected chi connectivity index (χ1v) is 8.11. The quantitative estimate of drug-likeness (QED) is 0.627. The Hall–Kier alpha value is -1.34. The third kappa shape index (κ3) is 6.82. The molecule has 25 heavy (non-hydrogen) atoms. The van der Waals surface area contributed by atoms with Crippen molar-refractivity contribution in [3.05, 3.63) is 59.7 Å². The van der Waals surface area contributed by atoms with Gasteiger partial charge in [0.25, 0.3) is 0 Å². The summed E-state index contributed by atoms with van der Waals surface area (Å²) in [5.74, 6) is 1.62. The van der Waals surface area contributed by atoms with Gasteiger partial charge in [-0.15, -0.1) is 0 Å². The molecule has 140 valence electrons. The summed E-state index contributed by atoms with van der Waals surface area (Å²) in [4.78, 5) is 0. The van der Waals surface area contributed by atoms with E-state index in [1.807, 2.05) is 36.4 Å². The maximum Gasteiger partial charge on any atom is 0.231 e. The average Bonchev–Trinajstić information content (AvgIpc) is 3.09. The summed E-state index contributed by atoms with van der Waals surface area (Å²) in [5.41, 5.74) is 14.0. The maximum absolute atomic E-state index is 5.89. The van der Waals surface area contributed by atoms with Crippen molar-refractivity contribution in [2.45, 2.75) is 38.8 Å². The number of nitrogens with two attached hydrogens (primary N) is 2. The molecule has 4 N–H and O–H groups in total. The molecule has 2 aromatic carbocycles. The number of hydrogen-bond acceptors (Lipinski definition) is 5. The lowest BCUT2D eigenvalue weighted by atomic mass is 10.1. The molecule has 0 amide bonds. The van der Waals surface area contributed by atoms with E-state index >= 15 is 0 Å². The largest absolute Gasteiger partial charge is 2.00 e. The zero-order valence-corrected chi connectivity index (χ0v) is 16.4. The molecule has 0 saturated carbocycles. The van der Waals surface area contributed by atoms with E-state index in [1.165, 1.54) is 5.56 Å². The molecule has 1 aliphatic rings. The van der Waals surface area contributed by atoms with Crippen LogP contribution in [0.4, 0.5) is 0 Å². The number of ether oxygens (including phenoxy) is 2. The van der Waals surface area contributed by atoms with Gasteiger partial charge < -0.3 is 47.9 Å². The molecular weight excluding hydrogens is 352 g/mol. The molecule has 2 atom stereocenters. The first kappa shape index (κ1) is 23.7. The molecule has 3 rings (SSSR count). The van der Waals surface area contributed by atoms with Crippen molar-refractivity contribution in [1.82, 2.24) is 0 Å². The molecule has 0 aliphatic carbocycles. The van der Waals surface area contributed by atoms with Crippen molar-refractivity contribution < 1.29 is 9.47 Å². The molecule has 4 nitrogen and oxygen atoms in total. The lowest BCUT2D eigenvalue weighted by Gasteiger charge is -2.09. The van der Waals surface area contributed by atoms with Crippen LogP contribution < -0.4 is 20.9 Å². The van der Waals surface area contributed by atoms with Crippen molar-refractivity contribution in [2.24, 2.45) is 11.5 Å². The van der Waals surface area contributed by atoms with Crippen LogP contribution in [0.3, 0.4) is 0 Å². The summed E-state index contributed by atoms with van der Waals surface area (Å²) in [6.07, 6.45) is 1.93. The van der Waals surface area contributed by atoms with E-state index in [9.17, 15) is 0 Å². The maximum atomic E-state index is 5.89. The van der Waals surface area contributed by atoms with Gasteiger partial charge in [-0.05, 0) is 36.1 Å². The van der Waals surface area contributed by atoms with Crippen LogP contribution in [0.2, 0.25) is 0 Å². The van der Waals surface area contributed by atoms with Gasteiger partial charge in [0.15, 0.2) is 11.5 Å². The summed E-state index contributed by atoms with van der Waals surface area (Å²) in [5, 5.41) is 0. The topological polar surface area (TPSA) is 70.5 Å². The van der Waals surface area contributed by atoms with Gasteiger partial charge in [0.05, 0.1) is 0 Å². The Morgan fingerprint density at radius 1 is 0.840 bits per heavy atom. The Morgan fingerprint density at radius 2 is 1.40 bits per heavy atom. The predicted octanol–water partition coefficient (Wildman–Crippen LogP) is 3.65. The molecule has 0 aromatic heterocycles. The fourth-order valence-electron chi connectivity index (χ4n) is 2.32. The Bertz CT molecular complexity index is 612. The predicted molar refractivity (Wildman–Crippen MR) is 110 cm³/mol. The van der Waals surface area contributed by atoms with E-state index in [1.54, 1.807) is 0 Å². The monoisotopic (exact) mass is 379 g/mol. The standard InChI is InChI=1S/C10H13NO2.C9H13N.H2S.S/c1-2-8(11)7-3-4-9-10(5-7)13-6-12-9;1-2-9(10)8-6-4-3-5-7-8;;/h3-5,8H,2,6,11H2,1H3;3-7,9H,2,10H2,1H3;1H2;/q;;;-2/p-1/t8-;9-;;/m00../s1. The Labute approximate surface area is 164 Å². The van der Waals surface area contributed by atoms with Crippen LogP contribution in [0.5, 0.6) is 11.5 Å². The highest BCUT2D eigenvalue weighted by Gasteiger charge is 2.14. The molecule has 0 bridgehead atoms. The summed E-state index contributed by atoms with van der Waals surface area (Å²) in [7, 11) is 0. The lowest BCUT2D eigenvalue weighted by molar-refractivity contribution is 0.174. The van der Waals surface area contributed by atoms with Crippen LogP contribution in [-0.2, 0) is 27.0 Å². The number of thiol groups is 1. The molecule has 0 radical (unpaired) electrons. The zero-order chi connectivity index (χ0) is 16.7. The van der Waals surface area contributed by atoms with E-state index < -0.39 is 0 Å². The Kier molecular flexibility index (Phi) is 11.4. The third-order valence-corrected chi connectivity index (χ3v) is 3.93. The molecule has 0 unspecified atom stereocenters. The molecule has 0 spiro atoms. The van der Waals surface area contributed by atoms with Crippen LogP contribution in [0.15, 0.2) is 48.5 Å². The van der Waals surface area contributed by atoms with E-state index in [0.717, 1.165) is 29.9 Å². The van der Waals surface area contributed by atoms with Crippen molar-refractivity contribution in [2.75, 3.05) is 6.79 Å². The van der Waals surface area contributed by atoms with Gasteiger partial charge in [0.1, 0.15) is 0 Å². The SMILES string of the molecule is CC[C@H](N)c1ccc2c(c1)OCO2.CC[C@H](N)c1ccccc1.[S-2].[SH-]. The van der Waals surface area contributed by atoms with Gasteiger partial charge in [-0.2, -0.15) is 0 Å². The summed E-state index contributed by atoms with van der Waals surface area (Å²) in [6, 6.07) is 16.3. The number of hydrogen-bond donors (Lipinski definition) is 2. The molecule has 1 heterocycles. The zero-order valence-electron chi connectivity index (χ0n) is 14.7. The minimum absolute atomic E-state index is 0. The summed E-state index contributed by atoms with van der Waals surface area (Å²) in [6.45, 7) is 4.48. The molecule has 2 aromatic rings. The second-order valence-corrected chi connectivity index (χ2v) is 5.55. The van der Waals surface area contributed by atoms with Gasteiger partial charge in [0.2, 0.25) is 6.79 Å². The van der Waals surface area contributed by atoms with Crippen LogP contribution in [0.25, 0.3) is 0 Å². The highest BCUT2D eigenvalue weighted by atomic mass is 32.1. The number of rotatable bonds is 4. The number of benzene rings is 2. The van der Waals surface area contributed by atoms with Crippen LogP contribution >= 0.6 is 0 Å². The van der Waals surface area contributed by atoms with Crippen molar-refractivity contribution in [3.8, 4) is 11.5 Å². The minimum atomic E-state index is 0. The van der Waals surface area contributed by atoms with Gasteiger partial charge in [-0.25, -0.2) is 0 Å². The summed E-state index contributed by atoms with van der Waals surface area (Å²) < 4.78 is 10.5. The Morgan fingerprint density at radius 3 is 2.00 bits per heavy atom. The van der Waals surface area contributed by atoms with E-state index in [-0.39, 0.29) is 39.1 Å². The van der Waals surface area contributed by atoms with Crippen LogP contribution in [0.1, 0.15) is 49.9 Å². The highest BCUT2D eigenvalue weighted by Crippen LogP contribution is 2.34. The van der Waals surface area contributed by atoms with Gasteiger partial charge in [-0.3, -0.25) is 0 Å². The van der Waals surface area contributed by atoms with Gasteiger partial charge in [-0.1, -0.05) is 50.2 Å². The first-order valence-electron chi connectivity index (χ1n) is 8.11. The second kappa shape index (κ2) is 12.1. The normalized spacial score (nSPS) is 13.4. The number of fused-ring (bicyclic) bond motifs is 1. The van der Waals surface area contributed by atoms with E-state index in [0.29, 0.717) is 6.79 Å². The van der Waals surface area contributed by atoms with Crippen molar-refractivity contribution >= 4 is 27.0 Å². The highest BCUT2D eigenvalue weighted by molar-refractivity contribution is 7.37. The second-order valence-electron chi connectivity index (χ2n) is 5.55. The lowest BCUT2D eigenvalue weighted by Crippen LogP contribution is -2.08. The summed E-state index contributed by atoms with van der Waals surface area (Å²) >= 11 is 0. The third-order valence-electron chi connectivity index (χ3n) is 3.93. The fourth-order valence-corrected chi connectivity index (χ4v) is 2.32. The van der Waals surface area contributed by atoms with E-state index in [4.69, 9.17) is 20.9 Å². The van der Waals surface area contributed by atoms with Crippen molar-refractivity contribution in [1.29, 1.82) is 0 Å². The fraction of sp³-hybridized carbons (Fsp3) is 0.368. The first-order chi connectivity index (χ1) is 11.2. The molecule has 0 fully saturated rings. The minimum Gasteiger partial charge on any atom is -2.00 e. The van der Waals surface area contributed by atoms with Crippen molar-refractivity contribution in [3.63, 3.8) is 0 Å². The van der Waals surface area contributed by atoms with Gasteiger partial charge in [0, 0.05) is 12.1 Å². The van der Waals surface area contributed by atoms with Crippen LogP contribution in [0, 0.1) is 0 Å². The molecular formula is C19H27N2O2S2-3. The van der Waals surface area contributed by atoms with E-state index in [2.05, 4.69) is 26.0 Å². The smallest absolute Gasteiger partial charge is 0.231 e.